The molecule has 1 aromatic carbocycles. The second-order valence-electron chi connectivity index (χ2n) is 5.44. The maximum Gasteiger partial charge on any atom is 0.330 e. The smallest absolute Gasteiger partial charge is 0.330 e. The molecule has 0 saturated carbocycles. The summed E-state index contributed by atoms with van der Waals surface area (Å²) in [4.78, 5) is 26.1. The Hall–Kier alpha value is -2.66. The van der Waals surface area contributed by atoms with Crippen molar-refractivity contribution >= 4 is 0 Å². The van der Waals surface area contributed by atoms with Crippen molar-refractivity contribution in [2.24, 2.45) is 0 Å². The largest absolute Gasteiger partial charge is 0.394 e. The molecule has 0 spiro atoms. The number of rotatable bonds is 2. The fourth-order valence-electron chi connectivity index (χ4n) is 2.50. The molecule has 1 fully saturated rings. The molecule has 1 aromatic heterocycles. The molecule has 3 atom stereocenters. The van der Waals surface area contributed by atoms with E-state index in [4.69, 9.17) is 9.84 Å². The van der Waals surface area contributed by atoms with E-state index in [0.717, 1.165) is 5.56 Å². The summed E-state index contributed by atoms with van der Waals surface area (Å²) >= 11 is 0. The summed E-state index contributed by atoms with van der Waals surface area (Å²) in [5, 5.41) is 18.9. The second-order valence-corrected chi connectivity index (χ2v) is 5.44. The Balaban J connectivity index is 1.94. The monoisotopic (exact) mass is 328 g/mol. The lowest BCUT2D eigenvalue weighted by atomic mass is 10.2. The van der Waals surface area contributed by atoms with Gasteiger partial charge in [0.2, 0.25) is 0 Å². The summed E-state index contributed by atoms with van der Waals surface area (Å²) in [6.45, 7) is -0.351. The Morgan fingerprint density at radius 2 is 2.00 bits per heavy atom. The molecule has 1 aliphatic rings. The van der Waals surface area contributed by atoms with Gasteiger partial charge >= 0.3 is 5.69 Å². The minimum absolute atomic E-state index is 0.115. The molecule has 0 bridgehead atoms. The Kier molecular flexibility index (Phi) is 4.62. The quantitative estimate of drug-likeness (QED) is 0.649. The minimum atomic E-state index is -0.877. The molecule has 24 heavy (non-hydrogen) atoms. The lowest BCUT2D eigenvalue weighted by Crippen LogP contribution is -2.33. The third kappa shape index (κ3) is 3.31. The number of nitrogens with zero attached hydrogens (tertiary/aromatic N) is 1. The molecule has 2 heterocycles. The molecular weight excluding hydrogens is 312 g/mol. The van der Waals surface area contributed by atoms with Gasteiger partial charge in [0.1, 0.15) is 17.9 Å². The Labute approximate surface area is 137 Å². The number of hydrogen-bond donors (Lipinski definition) is 3. The lowest BCUT2D eigenvalue weighted by molar-refractivity contribution is -0.0459. The van der Waals surface area contributed by atoms with Gasteiger partial charge in [0.05, 0.1) is 12.7 Å². The van der Waals surface area contributed by atoms with Crippen molar-refractivity contribution in [3.05, 3.63) is 68.5 Å². The third-order valence-electron chi connectivity index (χ3n) is 3.78. The highest BCUT2D eigenvalue weighted by atomic mass is 16.5. The number of hydrogen-bond acceptors (Lipinski definition) is 5. The van der Waals surface area contributed by atoms with Crippen molar-refractivity contribution in [3.63, 3.8) is 0 Å². The summed E-state index contributed by atoms with van der Waals surface area (Å²) in [7, 11) is 0. The van der Waals surface area contributed by atoms with Crippen LogP contribution in [0.3, 0.4) is 0 Å². The summed E-state index contributed by atoms with van der Waals surface area (Å²) in [6, 6.07) is 9.13. The van der Waals surface area contributed by atoms with E-state index in [2.05, 4.69) is 16.8 Å². The zero-order valence-electron chi connectivity index (χ0n) is 12.7. The molecule has 3 N–H and O–H groups in total. The number of aliphatic hydroxyl groups excluding tert-OH is 2. The van der Waals surface area contributed by atoms with Crippen LogP contribution in [-0.4, -0.2) is 38.6 Å². The lowest BCUT2D eigenvalue weighted by Gasteiger charge is -2.14. The molecular formula is C17H16N2O5. The number of nitrogens with one attached hydrogen (secondary N) is 1. The first-order valence-electron chi connectivity index (χ1n) is 7.45. The Morgan fingerprint density at radius 3 is 2.67 bits per heavy atom. The molecule has 3 unspecified atom stereocenters. The molecule has 0 amide bonds. The van der Waals surface area contributed by atoms with E-state index in [1.807, 2.05) is 18.2 Å². The van der Waals surface area contributed by atoms with Gasteiger partial charge in [0.25, 0.3) is 5.56 Å². The van der Waals surface area contributed by atoms with Gasteiger partial charge in [-0.2, -0.15) is 0 Å². The van der Waals surface area contributed by atoms with Crippen LogP contribution in [0.2, 0.25) is 0 Å². The highest BCUT2D eigenvalue weighted by Gasteiger charge is 2.35. The molecule has 0 radical (unpaired) electrons. The second kappa shape index (κ2) is 6.84. The number of H-pyrrole nitrogens is 1. The normalized spacial score (nSPS) is 22.8. The molecule has 2 aromatic rings. The first-order valence-corrected chi connectivity index (χ1v) is 7.45. The van der Waals surface area contributed by atoms with E-state index < -0.39 is 29.7 Å². The predicted molar refractivity (Wildman–Crippen MR) is 85.4 cm³/mol. The zero-order valence-corrected chi connectivity index (χ0v) is 12.7. The van der Waals surface area contributed by atoms with Crippen LogP contribution >= 0.6 is 0 Å². The molecule has 124 valence electrons. The van der Waals surface area contributed by atoms with Gasteiger partial charge < -0.3 is 14.9 Å². The van der Waals surface area contributed by atoms with Crippen molar-refractivity contribution in [1.29, 1.82) is 0 Å². The summed E-state index contributed by atoms with van der Waals surface area (Å²) in [5.41, 5.74) is -0.385. The highest BCUT2D eigenvalue weighted by molar-refractivity contribution is 5.40. The number of aromatic amines is 1. The van der Waals surface area contributed by atoms with E-state index in [0.29, 0.717) is 0 Å². The summed E-state index contributed by atoms with van der Waals surface area (Å²) in [6.07, 6.45) is -0.944. The Morgan fingerprint density at radius 1 is 1.25 bits per heavy atom. The summed E-state index contributed by atoms with van der Waals surface area (Å²) in [5.74, 6) is 5.59. The standard InChI is InChI=1S/C17H16N2O5/c20-10-14-13(21)8-15(24-14)19-9-12(16(22)18-17(19)23)7-6-11-4-2-1-3-5-11/h1-5,9,13-15,20-21H,8,10H2,(H,18,22,23). The van der Waals surface area contributed by atoms with Crippen molar-refractivity contribution in [1.82, 2.24) is 9.55 Å². The van der Waals surface area contributed by atoms with Crippen LogP contribution in [0, 0.1) is 11.8 Å². The van der Waals surface area contributed by atoms with Crippen molar-refractivity contribution in [3.8, 4) is 11.8 Å². The minimum Gasteiger partial charge on any atom is -0.394 e. The molecule has 7 nitrogen and oxygen atoms in total. The van der Waals surface area contributed by atoms with Crippen molar-refractivity contribution < 1.29 is 14.9 Å². The average Bonchev–Trinajstić information content (AvgIpc) is 2.95. The third-order valence-corrected chi connectivity index (χ3v) is 3.78. The first kappa shape index (κ1) is 16.2. The van der Waals surface area contributed by atoms with E-state index in [1.54, 1.807) is 12.1 Å². The van der Waals surface area contributed by atoms with Gasteiger partial charge in [-0.25, -0.2) is 4.79 Å². The van der Waals surface area contributed by atoms with Crippen molar-refractivity contribution in [2.45, 2.75) is 24.9 Å². The molecule has 1 aliphatic heterocycles. The van der Waals surface area contributed by atoms with Crippen LogP contribution in [-0.2, 0) is 4.74 Å². The predicted octanol–water partition coefficient (Wildman–Crippen LogP) is -0.423. The highest BCUT2D eigenvalue weighted by Crippen LogP contribution is 2.27. The number of benzene rings is 1. The molecule has 7 heteroatoms. The molecule has 0 aliphatic carbocycles. The average molecular weight is 328 g/mol. The van der Waals surface area contributed by atoms with Gasteiger partial charge in [-0.3, -0.25) is 14.3 Å². The van der Waals surface area contributed by atoms with Crippen LogP contribution in [0.1, 0.15) is 23.8 Å². The van der Waals surface area contributed by atoms with Gasteiger partial charge in [-0.15, -0.1) is 0 Å². The van der Waals surface area contributed by atoms with Gasteiger partial charge in [0, 0.05) is 18.2 Å². The molecule has 3 rings (SSSR count). The SMILES string of the molecule is O=c1[nH]c(=O)n(C2CC(O)C(CO)O2)cc1C#Cc1ccccc1. The summed E-state index contributed by atoms with van der Waals surface area (Å²) < 4.78 is 6.62. The van der Waals surface area contributed by atoms with Gasteiger partial charge in [-0.1, -0.05) is 30.0 Å². The topological polar surface area (TPSA) is 105 Å². The van der Waals surface area contributed by atoms with Crippen LogP contribution in [0.4, 0.5) is 0 Å². The zero-order chi connectivity index (χ0) is 17.1. The van der Waals surface area contributed by atoms with E-state index >= 15 is 0 Å². The fourth-order valence-corrected chi connectivity index (χ4v) is 2.50. The maximum atomic E-state index is 12.0. The van der Waals surface area contributed by atoms with E-state index in [9.17, 15) is 14.7 Å². The number of aliphatic hydroxyl groups is 2. The van der Waals surface area contributed by atoms with E-state index in [1.165, 1.54) is 10.8 Å². The van der Waals surface area contributed by atoms with E-state index in [-0.39, 0.29) is 18.6 Å². The fraction of sp³-hybridized carbons (Fsp3) is 0.294. The van der Waals surface area contributed by atoms with Crippen molar-refractivity contribution in [2.75, 3.05) is 6.61 Å². The number of ether oxygens (including phenoxy) is 1. The Bertz CT molecular complexity index is 891. The van der Waals surface area contributed by atoms with Crippen LogP contribution in [0.25, 0.3) is 0 Å². The first-order chi connectivity index (χ1) is 11.6. The maximum absolute atomic E-state index is 12.0. The molecule has 1 saturated heterocycles. The van der Waals surface area contributed by atoms with Gasteiger partial charge in [0.15, 0.2) is 0 Å². The van der Waals surface area contributed by atoms with Crippen LogP contribution in [0.15, 0.2) is 46.1 Å². The van der Waals surface area contributed by atoms with Crippen LogP contribution in [0.5, 0.6) is 0 Å². The number of aromatic nitrogens is 2. The van der Waals surface area contributed by atoms with Crippen LogP contribution < -0.4 is 11.2 Å². The van der Waals surface area contributed by atoms with Gasteiger partial charge in [-0.05, 0) is 12.1 Å².